The first kappa shape index (κ1) is 22.9. The van der Waals surface area contributed by atoms with Crippen molar-refractivity contribution < 1.29 is 4.79 Å². The van der Waals surface area contributed by atoms with Crippen LogP contribution in [0.15, 0.2) is 59.4 Å². The Morgan fingerprint density at radius 3 is 2.59 bits per heavy atom. The van der Waals surface area contributed by atoms with Crippen molar-refractivity contribution in [3.63, 3.8) is 0 Å². The summed E-state index contributed by atoms with van der Waals surface area (Å²) in [6.45, 7) is 4.05. The Labute approximate surface area is 201 Å². The molecule has 2 aliphatic rings. The van der Waals surface area contributed by atoms with E-state index < -0.39 is 0 Å². The molecule has 1 amide bonds. The summed E-state index contributed by atoms with van der Waals surface area (Å²) in [5.74, 6) is 0.284. The number of carbonyl (C=O) groups is 1. The van der Waals surface area contributed by atoms with Crippen molar-refractivity contribution >= 4 is 16.8 Å². The van der Waals surface area contributed by atoms with Crippen LogP contribution in [0.2, 0.25) is 0 Å². The molecule has 2 fully saturated rings. The lowest BCUT2D eigenvalue weighted by molar-refractivity contribution is -0.143. The number of amides is 1. The van der Waals surface area contributed by atoms with Gasteiger partial charge in [0.1, 0.15) is 0 Å². The molecule has 1 saturated carbocycles. The normalized spacial score (nSPS) is 21.1. The lowest BCUT2D eigenvalue weighted by Gasteiger charge is -2.43. The number of hydrogen-bond donors (Lipinski definition) is 2. The van der Waals surface area contributed by atoms with E-state index in [0.29, 0.717) is 12.1 Å². The zero-order chi connectivity index (χ0) is 23.5. The third-order valence-corrected chi connectivity index (χ3v) is 7.80. The average Bonchev–Trinajstić information content (AvgIpc) is 3.33. The number of pyridine rings is 1. The minimum absolute atomic E-state index is 0.0591. The van der Waals surface area contributed by atoms with Crippen LogP contribution < -0.4 is 10.9 Å². The highest BCUT2D eigenvalue weighted by Crippen LogP contribution is 2.34. The highest BCUT2D eigenvalue weighted by atomic mass is 16.2. The van der Waals surface area contributed by atoms with Gasteiger partial charge in [0.2, 0.25) is 5.91 Å². The highest BCUT2D eigenvalue weighted by molar-refractivity contribution is 5.81. The number of aromatic amines is 1. The van der Waals surface area contributed by atoms with Crippen molar-refractivity contribution in [3.8, 4) is 0 Å². The first-order valence-electron chi connectivity index (χ1n) is 12.7. The van der Waals surface area contributed by atoms with Crippen LogP contribution in [0.1, 0.15) is 55.2 Å². The number of aromatic nitrogens is 1. The molecule has 5 heteroatoms. The Morgan fingerprint density at radius 1 is 1.06 bits per heavy atom. The topological polar surface area (TPSA) is 65.2 Å². The number of nitrogens with one attached hydrogen (secondary N) is 2. The highest BCUT2D eigenvalue weighted by Gasteiger charge is 2.44. The zero-order valence-corrected chi connectivity index (χ0v) is 20.1. The molecule has 1 aliphatic heterocycles. The molecule has 178 valence electrons. The largest absolute Gasteiger partial charge is 0.331 e. The lowest BCUT2D eigenvalue weighted by Crippen LogP contribution is -2.56. The first-order valence-corrected chi connectivity index (χ1v) is 12.7. The fourth-order valence-electron chi connectivity index (χ4n) is 5.89. The number of aryl methyl sites for hydroxylation is 1. The van der Waals surface area contributed by atoms with Crippen molar-refractivity contribution in [1.82, 2.24) is 15.2 Å². The van der Waals surface area contributed by atoms with Crippen LogP contribution in [-0.4, -0.2) is 34.4 Å². The van der Waals surface area contributed by atoms with E-state index in [-0.39, 0.29) is 22.9 Å². The number of H-pyrrole nitrogens is 1. The second-order valence-electron chi connectivity index (χ2n) is 10.3. The summed E-state index contributed by atoms with van der Waals surface area (Å²) in [6, 6.07) is 18.5. The summed E-state index contributed by atoms with van der Waals surface area (Å²) in [4.78, 5) is 32.4. The summed E-state index contributed by atoms with van der Waals surface area (Å²) >= 11 is 0. The molecule has 5 rings (SSSR count). The lowest BCUT2D eigenvalue weighted by atomic mass is 9.83. The third kappa shape index (κ3) is 4.67. The van der Waals surface area contributed by atoms with Gasteiger partial charge < -0.3 is 15.2 Å². The van der Waals surface area contributed by atoms with Gasteiger partial charge in [0, 0.05) is 23.5 Å². The van der Waals surface area contributed by atoms with Crippen molar-refractivity contribution in [3.05, 3.63) is 81.6 Å². The van der Waals surface area contributed by atoms with E-state index >= 15 is 0 Å². The third-order valence-electron chi connectivity index (χ3n) is 7.80. The van der Waals surface area contributed by atoms with Crippen LogP contribution in [0.4, 0.5) is 0 Å². The maximum atomic E-state index is 14.1. The monoisotopic (exact) mass is 457 g/mol. The Balaban J connectivity index is 1.55. The summed E-state index contributed by atoms with van der Waals surface area (Å²) in [6.07, 6.45) is 7.04. The minimum atomic E-state index is -0.329. The summed E-state index contributed by atoms with van der Waals surface area (Å²) in [5.41, 5.74) is 3.47. The molecular formula is C29H35N3O2. The molecule has 2 N–H and O–H groups in total. The van der Waals surface area contributed by atoms with Gasteiger partial charge in [-0.05, 0) is 68.3 Å². The van der Waals surface area contributed by atoms with Crippen LogP contribution in [-0.2, 0) is 17.8 Å². The van der Waals surface area contributed by atoms with E-state index in [1.807, 2.05) is 24.3 Å². The molecule has 0 radical (unpaired) electrons. The maximum absolute atomic E-state index is 14.1. The second-order valence-corrected chi connectivity index (χ2v) is 10.3. The fourth-order valence-corrected chi connectivity index (χ4v) is 5.89. The van der Waals surface area contributed by atoms with Gasteiger partial charge >= 0.3 is 0 Å². The van der Waals surface area contributed by atoms with Gasteiger partial charge in [-0.3, -0.25) is 9.59 Å². The quantitative estimate of drug-likeness (QED) is 0.563. The number of rotatable bonds is 6. The summed E-state index contributed by atoms with van der Waals surface area (Å²) in [7, 11) is 0. The number of fused-ring (bicyclic) bond motifs is 1. The predicted octanol–water partition coefficient (Wildman–Crippen LogP) is 4.72. The SMILES string of the molecule is Cc1ccc2[nH]c(=O)c(CN(C(=O)C3CCCCC3)[C@]3(Cc4ccccc4)CCNC3)cc2c1. The Kier molecular flexibility index (Phi) is 6.55. The fraction of sp³-hybridized carbons (Fsp3) is 0.448. The van der Waals surface area contributed by atoms with Gasteiger partial charge in [0.05, 0.1) is 12.1 Å². The maximum Gasteiger partial charge on any atom is 0.253 e. The van der Waals surface area contributed by atoms with Gasteiger partial charge in [0.25, 0.3) is 5.56 Å². The van der Waals surface area contributed by atoms with Gasteiger partial charge in [-0.25, -0.2) is 0 Å². The molecule has 2 heterocycles. The van der Waals surface area contributed by atoms with E-state index in [2.05, 4.69) is 52.5 Å². The van der Waals surface area contributed by atoms with Crippen LogP contribution in [0.3, 0.4) is 0 Å². The molecule has 3 aromatic rings. The van der Waals surface area contributed by atoms with Crippen molar-refractivity contribution in [2.75, 3.05) is 13.1 Å². The molecule has 0 unspecified atom stereocenters. The Morgan fingerprint density at radius 2 is 1.85 bits per heavy atom. The van der Waals surface area contributed by atoms with Crippen LogP contribution in [0.25, 0.3) is 10.9 Å². The Bertz CT molecular complexity index is 1210. The van der Waals surface area contributed by atoms with Crippen molar-refractivity contribution in [2.45, 2.75) is 64.0 Å². The first-order chi connectivity index (χ1) is 16.5. The van der Waals surface area contributed by atoms with E-state index in [4.69, 9.17) is 0 Å². The molecule has 1 aliphatic carbocycles. The average molecular weight is 458 g/mol. The summed E-state index contributed by atoms with van der Waals surface area (Å²) in [5, 5.41) is 4.54. The van der Waals surface area contributed by atoms with Gasteiger partial charge in [-0.15, -0.1) is 0 Å². The molecule has 34 heavy (non-hydrogen) atoms. The van der Waals surface area contributed by atoms with E-state index in [0.717, 1.165) is 68.1 Å². The van der Waals surface area contributed by atoms with E-state index in [9.17, 15) is 9.59 Å². The van der Waals surface area contributed by atoms with E-state index in [1.165, 1.54) is 12.0 Å². The van der Waals surface area contributed by atoms with Gasteiger partial charge in [0.15, 0.2) is 0 Å². The van der Waals surface area contributed by atoms with E-state index in [1.54, 1.807) is 0 Å². The predicted molar refractivity (Wildman–Crippen MR) is 137 cm³/mol. The molecular weight excluding hydrogens is 422 g/mol. The molecule has 2 aromatic carbocycles. The van der Waals surface area contributed by atoms with Gasteiger partial charge in [-0.1, -0.05) is 61.2 Å². The molecule has 1 saturated heterocycles. The number of carbonyl (C=O) groups excluding carboxylic acids is 1. The van der Waals surface area contributed by atoms with Crippen molar-refractivity contribution in [2.24, 2.45) is 5.92 Å². The number of benzene rings is 2. The molecule has 0 spiro atoms. The van der Waals surface area contributed by atoms with Crippen LogP contribution in [0.5, 0.6) is 0 Å². The second kappa shape index (κ2) is 9.75. The molecule has 1 aromatic heterocycles. The number of nitrogens with zero attached hydrogens (tertiary/aromatic N) is 1. The standard InChI is InChI=1S/C29H35N3O2/c1-21-12-13-26-24(16-21)17-25(27(33)31-26)19-32(28(34)23-10-6-3-7-11-23)29(14-15-30-20-29)18-22-8-4-2-5-9-22/h2,4-5,8-9,12-13,16-17,23,30H,3,6-7,10-11,14-15,18-20H2,1H3,(H,31,33)/t29-/m0/s1. The van der Waals surface area contributed by atoms with Crippen LogP contribution >= 0.6 is 0 Å². The molecule has 5 nitrogen and oxygen atoms in total. The minimum Gasteiger partial charge on any atom is -0.331 e. The number of hydrogen-bond acceptors (Lipinski definition) is 3. The van der Waals surface area contributed by atoms with Crippen LogP contribution in [0, 0.1) is 12.8 Å². The smallest absolute Gasteiger partial charge is 0.253 e. The van der Waals surface area contributed by atoms with Gasteiger partial charge in [-0.2, -0.15) is 0 Å². The molecule has 0 bridgehead atoms. The molecule has 1 atom stereocenters. The summed E-state index contributed by atoms with van der Waals surface area (Å²) < 4.78 is 0. The van der Waals surface area contributed by atoms with Crippen molar-refractivity contribution in [1.29, 1.82) is 0 Å². The Hall–Kier alpha value is -2.92. The zero-order valence-electron chi connectivity index (χ0n) is 20.1.